The molecule has 1 heterocycles. The molecule has 3 aromatic rings. The number of halogens is 2. The Balaban J connectivity index is 1.79. The van der Waals surface area contributed by atoms with Crippen LogP contribution in [0.5, 0.6) is 0 Å². The van der Waals surface area contributed by atoms with Crippen molar-refractivity contribution in [2.24, 2.45) is 0 Å². The number of nitrogens with zero attached hydrogens (tertiary/aromatic N) is 3. The topological polar surface area (TPSA) is 59.8 Å². The number of anilines is 1. The zero-order valence-corrected chi connectivity index (χ0v) is 13.7. The Morgan fingerprint density at radius 2 is 1.96 bits per heavy atom. The highest BCUT2D eigenvalue weighted by atomic mass is 79.9. The minimum Gasteiger partial charge on any atom is -0.319 e. The molecule has 0 atom stereocenters. The van der Waals surface area contributed by atoms with Gasteiger partial charge >= 0.3 is 0 Å². The van der Waals surface area contributed by atoms with Gasteiger partial charge in [-0.1, -0.05) is 22.9 Å². The van der Waals surface area contributed by atoms with Gasteiger partial charge in [0.25, 0.3) is 5.91 Å². The minimum absolute atomic E-state index is 0.168. The molecule has 0 unspecified atom stereocenters. The van der Waals surface area contributed by atoms with Crippen molar-refractivity contribution in [1.82, 2.24) is 15.0 Å². The van der Waals surface area contributed by atoms with Gasteiger partial charge in [-0.2, -0.15) is 0 Å². The van der Waals surface area contributed by atoms with Crippen LogP contribution in [0.4, 0.5) is 10.1 Å². The molecule has 1 aromatic heterocycles. The number of hydrogen-bond donors (Lipinski definition) is 1. The second kappa shape index (κ2) is 6.29. The summed E-state index contributed by atoms with van der Waals surface area (Å²) in [6, 6.07) is 11.7. The van der Waals surface area contributed by atoms with Crippen LogP contribution in [0.2, 0.25) is 0 Å². The molecular weight excluding hydrogens is 363 g/mol. The predicted molar refractivity (Wildman–Crippen MR) is 88.1 cm³/mol. The average Bonchev–Trinajstić information content (AvgIpc) is 3.01. The normalized spacial score (nSPS) is 10.6. The summed E-state index contributed by atoms with van der Waals surface area (Å²) in [5, 5.41) is 10.5. The van der Waals surface area contributed by atoms with Crippen molar-refractivity contribution in [3.8, 4) is 5.69 Å². The average molecular weight is 375 g/mol. The number of hydrogen-bond acceptors (Lipinski definition) is 3. The van der Waals surface area contributed by atoms with Gasteiger partial charge in [0.1, 0.15) is 5.82 Å². The van der Waals surface area contributed by atoms with Crippen LogP contribution >= 0.6 is 15.9 Å². The number of amides is 1. The van der Waals surface area contributed by atoms with Crippen LogP contribution in [0.25, 0.3) is 5.69 Å². The molecule has 1 N–H and O–H groups in total. The van der Waals surface area contributed by atoms with Crippen molar-refractivity contribution >= 4 is 27.5 Å². The third-order valence-electron chi connectivity index (χ3n) is 3.20. The summed E-state index contributed by atoms with van der Waals surface area (Å²) in [5.74, 6) is -0.809. The smallest absolute Gasteiger partial charge is 0.277 e. The van der Waals surface area contributed by atoms with Crippen molar-refractivity contribution in [2.75, 3.05) is 5.32 Å². The zero-order valence-electron chi connectivity index (χ0n) is 12.1. The highest BCUT2D eigenvalue weighted by molar-refractivity contribution is 9.10. The summed E-state index contributed by atoms with van der Waals surface area (Å²) >= 11 is 3.20. The van der Waals surface area contributed by atoms with Crippen molar-refractivity contribution in [3.63, 3.8) is 0 Å². The van der Waals surface area contributed by atoms with Crippen molar-refractivity contribution in [2.45, 2.75) is 6.92 Å². The lowest BCUT2D eigenvalue weighted by molar-refractivity contribution is 0.102. The number of aryl methyl sites for hydroxylation is 1. The molecule has 0 bridgehead atoms. The number of rotatable bonds is 3. The van der Waals surface area contributed by atoms with Crippen molar-refractivity contribution in [1.29, 1.82) is 0 Å². The van der Waals surface area contributed by atoms with Gasteiger partial charge in [-0.05, 0) is 53.2 Å². The van der Waals surface area contributed by atoms with E-state index in [-0.39, 0.29) is 11.5 Å². The lowest BCUT2D eigenvalue weighted by atomic mass is 10.2. The van der Waals surface area contributed by atoms with E-state index in [0.29, 0.717) is 10.2 Å². The zero-order chi connectivity index (χ0) is 16.4. The van der Waals surface area contributed by atoms with E-state index in [1.807, 2.05) is 31.2 Å². The summed E-state index contributed by atoms with van der Waals surface area (Å²) < 4.78 is 15.0. The molecule has 3 rings (SSSR count). The van der Waals surface area contributed by atoms with Crippen LogP contribution in [0.15, 0.2) is 53.1 Å². The summed E-state index contributed by atoms with van der Waals surface area (Å²) in [6.07, 6.45) is 1.54. The first-order valence-electron chi connectivity index (χ1n) is 6.79. The van der Waals surface area contributed by atoms with Crippen molar-refractivity contribution in [3.05, 3.63) is 70.2 Å². The fourth-order valence-corrected chi connectivity index (χ4v) is 2.42. The van der Waals surface area contributed by atoms with Crippen molar-refractivity contribution < 1.29 is 9.18 Å². The number of benzene rings is 2. The second-order valence-corrected chi connectivity index (χ2v) is 5.82. The van der Waals surface area contributed by atoms with E-state index in [4.69, 9.17) is 0 Å². The molecule has 23 heavy (non-hydrogen) atoms. The lowest BCUT2D eigenvalue weighted by Gasteiger charge is -2.05. The molecule has 0 fully saturated rings. The maximum atomic E-state index is 13.1. The first-order chi connectivity index (χ1) is 11.0. The highest BCUT2D eigenvalue weighted by Gasteiger charge is 2.13. The lowest BCUT2D eigenvalue weighted by Crippen LogP contribution is -2.12. The van der Waals surface area contributed by atoms with Gasteiger partial charge in [-0.3, -0.25) is 4.79 Å². The van der Waals surface area contributed by atoms with Gasteiger partial charge in [0.2, 0.25) is 0 Å². The van der Waals surface area contributed by atoms with E-state index in [9.17, 15) is 9.18 Å². The van der Waals surface area contributed by atoms with Gasteiger partial charge in [-0.25, -0.2) is 9.07 Å². The molecule has 0 spiro atoms. The van der Waals surface area contributed by atoms with E-state index in [2.05, 4.69) is 31.6 Å². The number of carbonyl (C=O) groups excluding carboxylic acids is 1. The van der Waals surface area contributed by atoms with Gasteiger partial charge in [0.15, 0.2) is 5.69 Å². The monoisotopic (exact) mass is 374 g/mol. The van der Waals surface area contributed by atoms with Crippen LogP contribution in [0.3, 0.4) is 0 Å². The molecule has 0 aliphatic carbocycles. The minimum atomic E-state index is -0.421. The van der Waals surface area contributed by atoms with E-state index in [0.717, 1.165) is 11.3 Å². The van der Waals surface area contributed by atoms with E-state index in [1.54, 1.807) is 0 Å². The van der Waals surface area contributed by atoms with Crippen LogP contribution in [-0.4, -0.2) is 20.9 Å². The van der Waals surface area contributed by atoms with Crippen LogP contribution in [-0.2, 0) is 0 Å². The summed E-state index contributed by atoms with van der Waals surface area (Å²) in [7, 11) is 0. The molecule has 5 nitrogen and oxygen atoms in total. The highest BCUT2D eigenvalue weighted by Crippen LogP contribution is 2.23. The predicted octanol–water partition coefficient (Wildman–Crippen LogP) is 3.73. The Hall–Kier alpha value is -2.54. The molecule has 0 aliphatic heterocycles. The Bertz CT molecular complexity index is 861. The molecule has 116 valence electrons. The largest absolute Gasteiger partial charge is 0.319 e. The molecule has 0 aliphatic rings. The number of carbonyl (C=O) groups is 1. The van der Waals surface area contributed by atoms with Crippen LogP contribution < -0.4 is 5.32 Å². The van der Waals surface area contributed by atoms with Crippen LogP contribution in [0, 0.1) is 12.7 Å². The fraction of sp³-hybridized carbons (Fsp3) is 0.0625. The number of nitrogens with one attached hydrogen (secondary N) is 1. The molecule has 0 saturated carbocycles. The fourth-order valence-electron chi connectivity index (χ4n) is 1.97. The van der Waals surface area contributed by atoms with Gasteiger partial charge in [-0.15, -0.1) is 5.10 Å². The first-order valence-corrected chi connectivity index (χ1v) is 7.58. The molecule has 1 amide bonds. The van der Waals surface area contributed by atoms with Gasteiger partial charge in [0.05, 0.1) is 17.6 Å². The summed E-state index contributed by atoms with van der Waals surface area (Å²) in [6.45, 7) is 1.99. The summed E-state index contributed by atoms with van der Waals surface area (Å²) in [5.41, 5.74) is 2.57. The Labute approximate surface area is 140 Å². The van der Waals surface area contributed by atoms with E-state index >= 15 is 0 Å². The molecular formula is C16H12BrFN4O. The third kappa shape index (κ3) is 3.45. The van der Waals surface area contributed by atoms with Crippen LogP contribution in [0.1, 0.15) is 16.1 Å². The Kier molecular flexibility index (Phi) is 4.20. The second-order valence-electron chi connectivity index (χ2n) is 4.96. The number of aromatic nitrogens is 3. The quantitative estimate of drug-likeness (QED) is 0.759. The van der Waals surface area contributed by atoms with Gasteiger partial charge < -0.3 is 5.32 Å². The third-order valence-corrected chi connectivity index (χ3v) is 3.86. The standard InChI is InChI=1S/C16H12BrFN4O/c1-10-2-5-12(6-3-10)22-9-15(20-21-22)16(23)19-14-7-4-11(18)8-13(14)17/h2-9H,1H3,(H,19,23). The Morgan fingerprint density at radius 3 is 2.65 bits per heavy atom. The van der Waals surface area contributed by atoms with E-state index < -0.39 is 5.91 Å². The first kappa shape index (κ1) is 15.4. The molecule has 0 radical (unpaired) electrons. The van der Waals surface area contributed by atoms with E-state index in [1.165, 1.54) is 29.1 Å². The maximum Gasteiger partial charge on any atom is 0.277 e. The summed E-state index contributed by atoms with van der Waals surface area (Å²) in [4.78, 5) is 12.2. The van der Waals surface area contributed by atoms with Gasteiger partial charge in [0, 0.05) is 4.47 Å². The molecule has 7 heteroatoms. The SMILES string of the molecule is Cc1ccc(-n2cc(C(=O)Nc3ccc(F)cc3Br)nn2)cc1. The Morgan fingerprint density at radius 1 is 1.22 bits per heavy atom. The molecule has 2 aromatic carbocycles. The maximum absolute atomic E-state index is 13.1. The molecule has 0 saturated heterocycles.